The van der Waals surface area contributed by atoms with Crippen LogP contribution in [-0.4, -0.2) is 11.1 Å². The lowest BCUT2D eigenvalue weighted by Gasteiger charge is -2.10. The van der Waals surface area contributed by atoms with Crippen molar-refractivity contribution >= 4 is 12.0 Å². The fourth-order valence-corrected chi connectivity index (χ4v) is 1.76. The maximum Gasteiger partial charge on any atom is 0.307 e. The van der Waals surface area contributed by atoms with E-state index in [0.29, 0.717) is 0 Å². The molecule has 2 rings (SSSR count). The van der Waals surface area contributed by atoms with Gasteiger partial charge in [0.15, 0.2) is 0 Å². The number of benzene rings is 1. The van der Waals surface area contributed by atoms with Crippen LogP contribution in [0.25, 0.3) is 6.08 Å². The Bertz CT molecular complexity index is 391. The van der Waals surface area contributed by atoms with Crippen LogP contribution >= 0.6 is 0 Å². The smallest absolute Gasteiger partial charge is 0.307 e. The maximum absolute atomic E-state index is 10.5. The van der Waals surface area contributed by atoms with Crippen LogP contribution in [0.1, 0.15) is 23.1 Å². The molecule has 0 aromatic heterocycles. The van der Waals surface area contributed by atoms with Crippen LogP contribution in [-0.2, 0) is 17.6 Å². The van der Waals surface area contributed by atoms with Crippen molar-refractivity contribution in [2.24, 2.45) is 0 Å². The molecular weight excluding hydrogens is 176 g/mol. The Labute approximate surface area is 82.9 Å². The minimum absolute atomic E-state index is 0.112. The average Bonchev–Trinajstić information content (AvgIpc) is 2.17. The SMILES string of the molecule is O=C(O)Cc1ccc2c(c1)C=CCC2. The highest BCUT2D eigenvalue weighted by molar-refractivity contribution is 5.71. The lowest BCUT2D eigenvalue weighted by molar-refractivity contribution is -0.136. The maximum atomic E-state index is 10.5. The van der Waals surface area contributed by atoms with Gasteiger partial charge in [-0.1, -0.05) is 30.4 Å². The molecular formula is C12H12O2. The van der Waals surface area contributed by atoms with Crippen molar-refractivity contribution in [1.82, 2.24) is 0 Å². The molecule has 2 heteroatoms. The molecule has 0 spiro atoms. The largest absolute Gasteiger partial charge is 0.481 e. The summed E-state index contributed by atoms with van der Waals surface area (Å²) in [5, 5.41) is 8.65. The van der Waals surface area contributed by atoms with E-state index < -0.39 is 5.97 Å². The molecule has 0 amide bonds. The van der Waals surface area contributed by atoms with Gasteiger partial charge in [0.2, 0.25) is 0 Å². The van der Waals surface area contributed by atoms with Gasteiger partial charge in [0, 0.05) is 0 Å². The number of aliphatic carboxylic acids is 1. The Morgan fingerprint density at radius 2 is 2.29 bits per heavy atom. The predicted octanol–water partition coefficient (Wildman–Crippen LogP) is 2.27. The molecule has 1 aliphatic carbocycles. The Morgan fingerprint density at radius 3 is 3.07 bits per heavy atom. The second-order valence-corrected chi connectivity index (χ2v) is 3.54. The van der Waals surface area contributed by atoms with Gasteiger partial charge >= 0.3 is 5.97 Å². The van der Waals surface area contributed by atoms with Crippen LogP contribution in [0.5, 0.6) is 0 Å². The van der Waals surface area contributed by atoms with Crippen molar-refractivity contribution in [3.05, 3.63) is 41.0 Å². The molecule has 0 aliphatic heterocycles. The molecule has 0 fully saturated rings. The summed E-state index contributed by atoms with van der Waals surface area (Å²) < 4.78 is 0. The van der Waals surface area contributed by atoms with Gasteiger partial charge in [0.25, 0.3) is 0 Å². The summed E-state index contributed by atoms with van der Waals surface area (Å²) in [5.74, 6) is -0.773. The number of aryl methyl sites for hydroxylation is 1. The van der Waals surface area contributed by atoms with Crippen LogP contribution < -0.4 is 0 Å². The Hall–Kier alpha value is -1.57. The number of fused-ring (bicyclic) bond motifs is 1. The molecule has 1 aliphatic rings. The van der Waals surface area contributed by atoms with E-state index in [0.717, 1.165) is 18.4 Å². The summed E-state index contributed by atoms with van der Waals surface area (Å²) in [5.41, 5.74) is 3.37. The topological polar surface area (TPSA) is 37.3 Å². The van der Waals surface area contributed by atoms with Crippen molar-refractivity contribution in [3.63, 3.8) is 0 Å². The average molecular weight is 188 g/mol. The lowest BCUT2D eigenvalue weighted by Crippen LogP contribution is -2.02. The molecule has 0 saturated heterocycles. The number of allylic oxidation sites excluding steroid dienone is 1. The first-order chi connectivity index (χ1) is 6.75. The van der Waals surface area contributed by atoms with Crippen LogP contribution in [0.3, 0.4) is 0 Å². The predicted molar refractivity (Wildman–Crippen MR) is 55.1 cm³/mol. The van der Waals surface area contributed by atoms with Gasteiger partial charge in [-0.25, -0.2) is 0 Å². The van der Waals surface area contributed by atoms with E-state index in [1.54, 1.807) is 0 Å². The van der Waals surface area contributed by atoms with E-state index in [4.69, 9.17) is 5.11 Å². The zero-order valence-corrected chi connectivity index (χ0v) is 7.86. The van der Waals surface area contributed by atoms with Crippen molar-refractivity contribution in [2.75, 3.05) is 0 Å². The number of hydrogen-bond acceptors (Lipinski definition) is 1. The first kappa shape index (κ1) is 9.00. The van der Waals surface area contributed by atoms with Crippen LogP contribution in [0, 0.1) is 0 Å². The quantitative estimate of drug-likeness (QED) is 0.773. The Morgan fingerprint density at radius 1 is 1.43 bits per heavy atom. The van der Waals surface area contributed by atoms with Crippen LogP contribution in [0.2, 0.25) is 0 Å². The fraction of sp³-hybridized carbons (Fsp3) is 0.250. The summed E-state index contributed by atoms with van der Waals surface area (Å²) in [7, 11) is 0. The third-order valence-electron chi connectivity index (χ3n) is 2.44. The zero-order valence-electron chi connectivity index (χ0n) is 7.86. The molecule has 0 saturated carbocycles. The minimum atomic E-state index is -0.773. The van der Waals surface area contributed by atoms with Gasteiger partial charge in [-0.05, 0) is 29.5 Å². The minimum Gasteiger partial charge on any atom is -0.481 e. The summed E-state index contributed by atoms with van der Waals surface area (Å²) in [6.45, 7) is 0. The lowest BCUT2D eigenvalue weighted by atomic mass is 9.95. The summed E-state index contributed by atoms with van der Waals surface area (Å²) >= 11 is 0. The zero-order chi connectivity index (χ0) is 9.97. The molecule has 0 heterocycles. The second kappa shape index (κ2) is 3.66. The molecule has 1 aromatic rings. The molecule has 14 heavy (non-hydrogen) atoms. The van der Waals surface area contributed by atoms with Gasteiger partial charge in [-0.3, -0.25) is 4.79 Å². The highest BCUT2D eigenvalue weighted by atomic mass is 16.4. The third kappa shape index (κ3) is 1.84. The highest BCUT2D eigenvalue weighted by Crippen LogP contribution is 2.20. The van der Waals surface area contributed by atoms with Gasteiger partial charge in [0.1, 0.15) is 0 Å². The van der Waals surface area contributed by atoms with E-state index in [1.165, 1.54) is 11.1 Å². The number of hydrogen-bond donors (Lipinski definition) is 1. The van der Waals surface area contributed by atoms with E-state index in [-0.39, 0.29) is 6.42 Å². The summed E-state index contributed by atoms with van der Waals surface area (Å²) in [6, 6.07) is 5.92. The third-order valence-corrected chi connectivity index (χ3v) is 2.44. The normalized spacial score (nSPS) is 13.7. The first-order valence-corrected chi connectivity index (χ1v) is 4.76. The molecule has 1 aromatic carbocycles. The van der Waals surface area contributed by atoms with Gasteiger partial charge in [-0.15, -0.1) is 0 Å². The van der Waals surface area contributed by atoms with Crippen LogP contribution in [0.15, 0.2) is 24.3 Å². The fourth-order valence-electron chi connectivity index (χ4n) is 1.76. The highest BCUT2D eigenvalue weighted by Gasteiger charge is 2.06. The standard InChI is InChI=1S/C12H12O2/c13-12(14)8-9-5-6-10-3-1-2-4-11(10)7-9/h2,4-7H,1,3,8H2,(H,13,14). The van der Waals surface area contributed by atoms with Gasteiger partial charge in [-0.2, -0.15) is 0 Å². The molecule has 1 N–H and O–H groups in total. The molecule has 0 atom stereocenters. The van der Waals surface area contributed by atoms with Crippen LogP contribution in [0.4, 0.5) is 0 Å². The molecule has 0 bridgehead atoms. The van der Waals surface area contributed by atoms with Crippen molar-refractivity contribution in [2.45, 2.75) is 19.3 Å². The number of carboxylic acid groups (broad SMARTS) is 1. The number of carbonyl (C=O) groups is 1. The first-order valence-electron chi connectivity index (χ1n) is 4.76. The van der Waals surface area contributed by atoms with E-state index in [1.807, 2.05) is 18.2 Å². The summed E-state index contributed by atoms with van der Waals surface area (Å²) in [4.78, 5) is 10.5. The van der Waals surface area contributed by atoms with E-state index in [9.17, 15) is 4.79 Å². The van der Waals surface area contributed by atoms with Gasteiger partial charge < -0.3 is 5.11 Å². The van der Waals surface area contributed by atoms with Crippen molar-refractivity contribution < 1.29 is 9.90 Å². The van der Waals surface area contributed by atoms with Crippen molar-refractivity contribution in [3.8, 4) is 0 Å². The molecule has 72 valence electrons. The Kier molecular flexibility index (Phi) is 2.35. The molecule has 0 radical (unpaired) electrons. The Balaban J connectivity index is 2.30. The molecule has 2 nitrogen and oxygen atoms in total. The van der Waals surface area contributed by atoms with E-state index >= 15 is 0 Å². The summed E-state index contributed by atoms with van der Waals surface area (Å²) in [6.07, 6.45) is 6.47. The molecule has 0 unspecified atom stereocenters. The van der Waals surface area contributed by atoms with E-state index in [2.05, 4.69) is 12.2 Å². The van der Waals surface area contributed by atoms with Crippen molar-refractivity contribution in [1.29, 1.82) is 0 Å². The number of rotatable bonds is 2. The monoisotopic (exact) mass is 188 g/mol. The van der Waals surface area contributed by atoms with Gasteiger partial charge in [0.05, 0.1) is 6.42 Å². The second-order valence-electron chi connectivity index (χ2n) is 3.54. The number of carboxylic acids is 1.